The van der Waals surface area contributed by atoms with E-state index in [4.69, 9.17) is 11.6 Å². The number of anilines is 1. The van der Waals surface area contributed by atoms with Crippen LogP contribution < -0.4 is 15.8 Å². The minimum absolute atomic E-state index is 0.128. The highest BCUT2D eigenvalue weighted by Crippen LogP contribution is 2.34. The molecule has 1 aliphatic carbocycles. The van der Waals surface area contributed by atoms with Crippen molar-refractivity contribution in [3.8, 4) is 0 Å². The first kappa shape index (κ1) is 24.4. The zero-order chi connectivity index (χ0) is 23.6. The third-order valence-electron chi connectivity index (χ3n) is 6.85. The number of rotatable bonds is 7. The molecular formula is C24H36ClN5O2. The molecule has 0 atom stereocenters. The molecule has 0 saturated heterocycles. The number of H-pyrrole nitrogens is 1. The lowest BCUT2D eigenvalue weighted by Crippen LogP contribution is -2.42. The molecule has 0 aliphatic heterocycles. The van der Waals surface area contributed by atoms with Crippen LogP contribution in [0, 0.1) is 13.8 Å². The predicted octanol–water partition coefficient (Wildman–Crippen LogP) is 3.61. The number of benzene rings is 1. The molecule has 0 radical (unpaired) electrons. The lowest BCUT2D eigenvalue weighted by Gasteiger charge is -2.40. The topological polar surface area (TPSA) is 73.4 Å². The van der Waals surface area contributed by atoms with Crippen molar-refractivity contribution in [2.24, 2.45) is 7.05 Å². The molecule has 1 heterocycles. The fraction of sp³-hybridized carbons (Fsp3) is 0.583. The van der Waals surface area contributed by atoms with Gasteiger partial charge in [-0.25, -0.2) is 0 Å². The van der Waals surface area contributed by atoms with Crippen LogP contribution >= 0.6 is 11.6 Å². The van der Waals surface area contributed by atoms with Gasteiger partial charge in [0.1, 0.15) is 0 Å². The normalized spacial score (nSPS) is 18.8. The summed E-state index contributed by atoms with van der Waals surface area (Å²) in [4.78, 5) is 30.0. The Hall–Kier alpha value is -2.25. The van der Waals surface area contributed by atoms with E-state index in [1.807, 2.05) is 19.9 Å². The van der Waals surface area contributed by atoms with Crippen molar-refractivity contribution in [2.45, 2.75) is 65.1 Å². The van der Waals surface area contributed by atoms with E-state index in [1.165, 1.54) is 17.5 Å². The SMILES string of the molecule is CCN(c1cc(Cl)cc(C(=O)NCc2c(C)[nH]n(C)c2=O)c1C)[C@H]1CC[C@H](N(C)C)CC1. The molecule has 2 aromatic rings. The third kappa shape index (κ3) is 5.04. The standard InChI is InChI=1S/C24H36ClN5O2/c1-7-30(19-10-8-18(9-11-19)28(4)5)22-13-17(25)12-20(15(22)2)23(31)26-14-21-16(3)27-29(6)24(21)32/h12-13,18-19,27H,7-11,14H2,1-6H3,(H,26,31)/t18-,19-. The molecule has 1 aliphatic rings. The Morgan fingerprint density at radius 3 is 2.34 bits per heavy atom. The van der Waals surface area contributed by atoms with Gasteiger partial charge in [-0.15, -0.1) is 0 Å². The van der Waals surface area contributed by atoms with Crippen LogP contribution in [0.15, 0.2) is 16.9 Å². The maximum atomic E-state index is 13.1. The number of aromatic nitrogens is 2. The van der Waals surface area contributed by atoms with Gasteiger partial charge in [0, 0.05) is 47.6 Å². The van der Waals surface area contributed by atoms with Gasteiger partial charge in [0.15, 0.2) is 0 Å². The van der Waals surface area contributed by atoms with Crippen molar-refractivity contribution >= 4 is 23.2 Å². The van der Waals surface area contributed by atoms with Crippen LogP contribution in [0.1, 0.15) is 59.8 Å². The van der Waals surface area contributed by atoms with E-state index >= 15 is 0 Å². The first-order valence-electron chi connectivity index (χ1n) is 11.4. The van der Waals surface area contributed by atoms with Crippen molar-refractivity contribution in [3.05, 3.63) is 49.9 Å². The number of aromatic amines is 1. The molecule has 2 N–H and O–H groups in total. The molecule has 0 spiro atoms. The largest absolute Gasteiger partial charge is 0.369 e. The summed E-state index contributed by atoms with van der Waals surface area (Å²) in [6.45, 7) is 7.00. The highest BCUT2D eigenvalue weighted by Gasteiger charge is 2.28. The Morgan fingerprint density at radius 1 is 1.19 bits per heavy atom. The van der Waals surface area contributed by atoms with Gasteiger partial charge in [-0.2, -0.15) is 0 Å². The second kappa shape index (κ2) is 10.1. The molecule has 1 amide bonds. The van der Waals surface area contributed by atoms with Crippen molar-refractivity contribution in [3.63, 3.8) is 0 Å². The van der Waals surface area contributed by atoms with Gasteiger partial charge in [0.25, 0.3) is 11.5 Å². The first-order chi connectivity index (χ1) is 15.1. The lowest BCUT2D eigenvalue weighted by atomic mass is 9.89. The number of nitrogens with one attached hydrogen (secondary N) is 2. The second-order valence-corrected chi connectivity index (χ2v) is 9.51. The van der Waals surface area contributed by atoms with Gasteiger partial charge >= 0.3 is 0 Å². The molecular weight excluding hydrogens is 426 g/mol. The Bertz CT molecular complexity index is 1020. The van der Waals surface area contributed by atoms with Gasteiger partial charge in [-0.05, 0) is 78.2 Å². The van der Waals surface area contributed by atoms with Crippen molar-refractivity contribution in [2.75, 3.05) is 25.5 Å². The molecule has 3 rings (SSSR count). The van der Waals surface area contributed by atoms with Crippen LogP contribution in [0.3, 0.4) is 0 Å². The molecule has 1 aromatic carbocycles. The second-order valence-electron chi connectivity index (χ2n) is 9.07. The Labute approximate surface area is 195 Å². The van der Waals surface area contributed by atoms with E-state index in [9.17, 15) is 9.59 Å². The number of hydrogen-bond acceptors (Lipinski definition) is 4. The fourth-order valence-corrected chi connectivity index (χ4v) is 5.13. The van der Waals surface area contributed by atoms with E-state index in [0.717, 1.165) is 36.3 Å². The fourth-order valence-electron chi connectivity index (χ4n) is 4.92. The molecule has 1 aromatic heterocycles. The van der Waals surface area contributed by atoms with Crippen molar-refractivity contribution in [1.29, 1.82) is 0 Å². The molecule has 176 valence electrons. The number of hydrogen-bond donors (Lipinski definition) is 2. The summed E-state index contributed by atoms with van der Waals surface area (Å²) in [7, 11) is 5.97. The molecule has 7 nitrogen and oxygen atoms in total. The summed E-state index contributed by atoms with van der Waals surface area (Å²) in [5.41, 5.74) is 3.68. The average Bonchev–Trinajstić information content (AvgIpc) is 3.00. The monoisotopic (exact) mass is 461 g/mol. The summed E-state index contributed by atoms with van der Waals surface area (Å²) >= 11 is 6.47. The van der Waals surface area contributed by atoms with Gasteiger partial charge in [-0.3, -0.25) is 19.4 Å². The van der Waals surface area contributed by atoms with Crippen LogP contribution in [0.5, 0.6) is 0 Å². The maximum absolute atomic E-state index is 13.1. The van der Waals surface area contributed by atoms with Gasteiger partial charge in [0.05, 0.1) is 12.1 Å². The van der Waals surface area contributed by atoms with Crippen LogP contribution in [-0.2, 0) is 13.6 Å². The smallest absolute Gasteiger partial charge is 0.271 e. The van der Waals surface area contributed by atoms with E-state index in [0.29, 0.717) is 28.2 Å². The van der Waals surface area contributed by atoms with Gasteiger partial charge in [0.2, 0.25) is 0 Å². The molecule has 1 fully saturated rings. The van der Waals surface area contributed by atoms with Crippen LogP contribution in [0.25, 0.3) is 0 Å². The first-order valence-corrected chi connectivity index (χ1v) is 11.8. The quantitative estimate of drug-likeness (QED) is 0.660. The molecule has 32 heavy (non-hydrogen) atoms. The van der Waals surface area contributed by atoms with E-state index in [2.05, 4.69) is 41.2 Å². The number of halogens is 1. The predicted molar refractivity (Wildman–Crippen MR) is 131 cm³/mol. The highest BCUT2D eigenvalue weighted by molar-refractivity contribution is 6.31. The van der Waals surface area contributed by atoms with Gasteiger partial charge in [-0.1, -0.05) is 11.6 Å². The summed E-state index contributed by atoms with van der Waals surface area (Å²) in [6, 6.07) is 4.77. The average molecular weight is 462 g/mol. The van der Waals surface area contributed by atoms with Crippen molar-refractivity contribution < 1.29 is 4.79 Å². The zero-order valence-electron chi connectivity index (χ0n) is 20.1. The van der Waals surface area contributed by atoms with Crippen LogP contribution in [0.4, 0.5) is 5.69 Å². The number of nitrogens with zero attached hydrogens (tertiary/aromatic N) is 3. The minimum Gasteiger partial charge on any atom is -0.369 e. The molecule has 0 bridgehead atoms. The molecule has 8 heteroatoms. The van der Waals surface area contributed by atoms with Crippen LogP contribution in [-0.4, -0.2) is 53.3 Å². The lowest BCUT2D eigenvalue weighted by molar-refractivity contribution is 0.0950. The Kier molecular flexibility index (Phi) is 7.72. The Morgan fingerprint density at radius 2 is 1.81 bits per heavy atom. The zero-order valence-corrected chi connectivity index (χ0v) is 20.8. The summed E-state index contributed by atoms with van der Waals surface area (Å²) in [5, 5.41) is 6.41. The van der Waals surface area contributed by atoms with Crippen LogP contribution in [0.2, 0.25) is 5.02 Å². The van der Waals surface area contributed by atoms with Gasteiger partial charge < -0.3 is 15.1 Å². The van der Waals surface area contributed by atoms with E-state index in [1.54, 1.807) is 13.1 Å². The summed E-state index contributed by atoms with van der Waals surface area (Å²) in [5.74, 6) is -0.221. The third-order valence-corrected chi connectivity index (χ3v) is 7.07. The number of carbonyl (C=O) groups is 1. The maximum Gasteiger partial charge on any atom is 0.271 e. The summed E-state index contributed by atoms with van der Waals surface area (Å²) in [6.07, 6.45) is 4.60. The number of aryl methyl sites for hydroxylation is 2. The number of amides is 1. The van der Waals surface area contributed by atoms with E-state index in [-0.39, 0.29) is 18.0 Å². The molecule has 1 saturated carbocycles. The minimum atomic E-state index is -0.221. The highest BCUT2D eigenvalue weighted by atomic mass is 35.5. The Balaban J connectivity index is 1.81. The van der Waals surface area contributed by atoms with Crippen molar-refractivity contribution in [1.82, 2.24) is 20.0 Å². The summed E-state index contributed by atoms with van der Waals surface area (Å²) < 4.78 is 1.42. The van der Waals surface area contributed by atoms with E-state index < -0.39 is 0 Å². The molecule has 0 unspecified atom stereocenters. The number of carbonyl (C=O) groups excluding carboxylic acids is 1.